The molecule has 0 atom stereocenters. The van der Waals surface area contributed by atoms with Gasteiger partial charge in [0.25, 0.3) is 5.56 Å². The van der Waals surface area contributed by atoms with Crippen LogP contribution in [-0.4, -0.2) is 82.2 Å². The molecule has 0 aromatic carbocycles. The second kappa shape index (κ2) is 9.20. The summed E-state index contributed by atoms with van der Waals surface area (Å²) in [6.07, 6.45) is 2.87. The molecule has 1 fully saturated rings. The van der Waals surface area contributed by atoms with E-state index in [0.29, 0.717) is 50.3 Å². The number of piperazine rings is 1. The lowest BCUT2D eigenvalue weighted by molar-refractivity contribution is 0.222. The van der Waals surface area contributed by atoms with Crippen LogP contribution >= 0.6 is 0 Å². The Balaban J connectivity index is 1.85. The van der Waals surface area contributed by atoms with Gasteiger partial charge in [-0.3, -0.25) is 9.48 Å². The molecule has 3 aromatic rings. The molecule has 4 heterocycles. The number of fused-ring (bicyclic) bond motifs is 1. The first kappa shape index (κ1) is 23.3. The summed E-state index contributed by atoms with van der Waals surface area (Å²) in [7, 11) is -0.0184. The highest BCUT2D eigenvalue weighted by atomic mass is 32.2. The van der Waals surface area contributed by atoms with E-state index in [2.05, 4.69) is 25.0 Å². The van der Waals surface area contributed by atoms with Crippen molar-refractivity contribution in [3.05, 3.63) is 28.3 Å². The lowest BCUT2D eigenvalue weighted by Gasteiger charge is -2.31. The maximum absolute atomic E-state index is 13.3. The van der Waals surface area contributed by atoms with E-state index in [0.717, 1.165) is 12.1 Å². The van der Waals surface area contributed by atoms with Gasteiger partial charge in [0.2, 0.25) is 15.9 Å². The number of ether oxygens (including phenoxy) is 1. The van der Waals surface area contributed by atoms with Crippen molar-refractivity contribution in [1.29, 1.82) is 0 Å². The third-order valence-corrected chi connectivity index (χ3v) is 7.62. The van der Waals surface area contributed by atoms with Crippen LogP contribution in [-0.2, 0) is 23.5 Å². The van der Waals surface area contributed by atoms with Crippen molar-refractivity contribution in [3.8, 4) is 17.3 Å². The molecular formula is C21H29N7O4S. The number of nitrogens with zero attached hydrogens (tertiary/aromatic N) is 6. The third kappa shape index (κ3) is 4.37. The Labute approximate surface area is 192 Å². The zero-order chi connectivity index (χ0) is 23.8. The number of likely N-dealkylation sites (N-methyl/N-ethyl adjacent to an activating group) is 1. The summed E-state index contributed by atoms with van der Waals surface area (Å²) in [5, 5.41) is 4.31. The highest BCUT2D eigenvalue weighted by Crippen LogP contribution is 2.30. The summed E-state index contributed by atoms with van der Waals surface area (Å²) in [5.74, 6) is 0.405. The van der Waals surface area contributed by atoms with Crippen LogP contribution < -0.4 is 10.3 Å². The number of H-pyrrole nitrogens is 1. The quantitative estimate of drug-likeness (QED) is 0.536. The Morgan fingerprint density at radius 1 is 1.12 bits per heavy atom. The van der Waals surface area contributed by atoms with E-state index >= 15 is 0 Å². The van der Waals surface area contributed by atoms with Crippen LogP contribution in [0.4, 0.5) is 0 Å². The summed E-state index contributed by atoms with van der Waals surface area (Å²) in [5.41, 5.74) is 1.50. The maximum Gasteiger partial charge on any atom is 0.279 e. The molecule has 1 aliphatic rings. The lowest BCUT2D eigenvalue weighted by Crippen LogP contribution is -2.47. The van der Waals surface area contributed by atoms with Crippen molar-refractivity contribution in [3.63, 3.8) is 0 Å². The van der Waals surface area contributed by atoms with Crippen LogP contribution in [0.3, 0.4) is 0 Å². The van der Waals surface area contributed by atoms with Crippen molar-refractivity contribution < 1.29 is 13.2 Å². The van der Waals surface area contributed by atoms with Crippen LogP contribution in [0.5, 0.6) is 5.88 Å². The van der Waals surface area contributed by atoms with Crippen LogP contribution in [0.15, 0.2) is 22.0 Å². The maximum atomic E-state index is 13.3. The minimum absolute atomic E-state index is 0.0354. The van der Waals surface area contributed by atoms with E-state index in [4.69, 9.17) is 4.74 Å². The summed E-state index contributed by atoms with van der Waals surface area (Å²) < 4.78 is 35.3. The highest BCUT2D eigenvalue weighted by molar-refractivity contribution is 7.89. The molecule has 0 radical (unpaired) electrons. The fourth-order valence-electron chi connectivity index (χ4n) is 3.94. The number of nitrogens with one attached hydrogen (secondary N) is 1. The predicted molar refractivity (Wildman–Crippen MR) is 124 cm³/mol. The van der Waals surface area contributed by atoms with Crippen molar-refractivity contribution in [1.82, 2.24) is 33.9 Å². The van der Waals surface area contributed by atoms with E-state index in [1.807, 2.05) is 14.0 Å². The molecule has 0 amide bonds. The number of pyridine rings is 1. The SMILES string of the molecule is CCCc1c2nc(-c3cc(S(=O)(=O)N4CCN(C)CC4)cnc3OCC)[nH]c(=O)c2nn1C. The minimum atomic E-state index is -3.76. The van der Waals surface area contributed by atoms with Crippen LogP contribution in [0.25, 0.3) is 22.4 Å². The average molecular weight is 476 g/mol. The Kier molecular flexibility index (Phi) is 6.50. The second-order valence-electron chi connectivity index (χ2n) is 8.10. The number of aromatic amines is 1. The van der Waals surface area contributed by atoms with Gasteiger partial charge >= 0.3 is 0 Å². The van der Waals surface area contributed by atoms with Gasteiger partial charge in [-0.25, -0.2) is 18.4 Å². The molecule has 11 nitrogen and oxygen atoms in total. The molecule has 178 valence electrons. The first-order chi connectivity index (χ1) is 15.8. The normalized spacial score (nSPS) is 15.9. The van der Waals surface area contributed by atoms with E-state index in [-0.39, 0.29) is 22.1 Å². The van der Waals surface area contributed by atoms with Crippen molar-refractivity contribution >= 4 is 21.1 Å². The van der Waals surface area contributed by atoms with Gasteiger partial charge in [-0.05, 0) is 26.5 Å². The molecule has 0 aliphatic carbocycles. The van der Waals surface area contributed by atoms with Gasteiger partial charge < -0.3 is 14.6 Å². The van der Waals surface area contributed by atoms with Crippen LogP contribution in [0.2, 0.25) is 0 Å². The van der Waals surface area contributed by atoms with Gasteiger partial charge in [-0.15, -0.1) is 0 Å². The lowest BCUT2D eigenvalue weighted by atomic mass is 10.2. The highest BCUT2D eigenvalue weighted by Gasteiger charge is 2.29. The zero-order valence-electron chi connectivity index (χ0n) is 19.3. The topological polar surface area (TPSA) is 126 Å². The van der Waals surface area contributed by atoms with Crippen LogP contribution in [0.1, 0.15) is 26.0 Å². The van der Waals surface area contributed by atoms with Gasteiger partial charge in [-0.2, -0.15) is 9.40 Å². The molecule has 33 heavy (non-hydrogen) atoms. The van der Waals surface area contributed by atoms with Gasteiger partial charge in [0, 0.05) is 33.2 Å². The molecule has 1 aliphatic heterocycles. The molecule has 0 unspecified atom stereocenters. The van der Waals surface area contributed by atoms with Crippen LogP contribution in [0, 0.1) is 0 Å². The minimum Gasteiger partial charge on any atom is -0.477 e. The number of aromatic nitrogens is 5. The van der Waals surface area contributed by atoms with Gasteiger partial charge in [0.1, 0.15) is 16.2 Å². The number of rotatable bonds is 7. The molecule has 3 aromatic heterocycles. The monoisotopic (exact) mass is 475 g/mol. The second-order valence-corrected chi connectivity index (χ2v) is 10.0. The zero-order valence-corrected chi connectivity index (χ0v) is 20.1. The molecule has 0 bridgehead atoms. The van der Waals surface area contributed by atoms with E-state index in [9.17, 15) is 13.2 Å². The summed E-state index contributed by atoms with van der Waals surface area (Å²) in [4.78, 5) is 26.6. The summed E-state index contributed by atoms with van der Waals surface area (Å²) >= 11 is 0. The summed E-state index contributed by atoms with van der Waals surface area (Å²) in [6.45, 7) is 6.28. The standard InChI is InChI=1S/C21H29N7O4S/c1-5-7-16-17-18(25-27(16)4)20(29)24-19(23-17)15-12-14(13-22-21(15)32-6-2)33(30,31)28-10-8-26(3)9-11-28/h12-13H,5-11H2,1-4H3,(H,23,24,29). The predicted octanol–water partition coefficient (Wildman–Crippen LogP) is 1.01. The van der Waals surface area contributed by atoms with E-state index in [1.165, 1.54) is 16.6 Å². The first-order valence-electron chi connectivity index (χ1n) is 11.0. The number of hydrogen-bond donors (Lipinski definition) is 1. The number of aryl methyl sites for hydroxylation is 2. The van der Waals surface area contributed by atoms with E-state index in [1.54, 1.807) is 18.7 Å². The van der Waals surface area contributed by atoms with Gasteiger partial charge in [-0.1, -0.05) is 13.3 Å². The fourth-order valence-corrected chi connectivity index (χ4v) is 5.34. The smallest absolute Gasteiger partial charge is 0.279 e. The Hall–Kier alpha value is -2.83. The molecule has 4 rings (SSSR count). The van der Waals surface area contributed by atoms with Crippen molar-refractivity contribution in [2.75, 3.05) is 39.8 Å². The number of hydrogen-bond acceptors (Lipinski definition) is 8. The number of sulfonamides is 1. The molecule has 0 saturated carbocycles. The Morgan fingerprint density at radius 2 is 1.85 bits per heavy atom. The van der Waals surface area contributed by atoms with E-state index < -0.39 is 15.6 Å². The Bertz CT molecular complexity index is 1320. The molecule has 1 saturated heterocycles. The summed E-state index contributed by atoms with van der Waals surface area (Å²) in [6, 6.07) is 1.48. The Morgan fingerprint density at radius 3 is 2.52 bits per heavy atom. The largest absolute Gasteiger partial charge is 0.477 e. The molecule has 1 N–H and O–H groups in total. The van der Waals surface area contributed by atoms with Crippen molar-refractivity contribution in [2.45, 2.75) is 31.6 Å². The van der Waals surface area contributed by atoms with Gasteiger partial charge in [0.05, 0.1) is 24.1 Å². The molecule has 0 spiro atoms. The molecule has 12 heteroatoms. The van der Waals surface area contributed by atoms with Crippen molar-refractivity contribution in [2.24, 2.45) is 7.05 Å². The first-order valence-corrected chi connectivity index (χ1v) is 12.5. The third-order valence-electron chi connectivity index (χ3n) is 5.76. The fraction of sp³-hybridized carbons (Fsp3) is 0.524. The average Bonchev–Trinajstić information content (AvgIpc) is 3.10. The molecular weight excluding hydrogens is 446 g/mol. The van der Waals surface area contributed by atoms with Gasteiger partial charge in [0.15, 0.2) is 5.52 Å².